The monoisotopic (exact) mass is 1140 g/mol. The molecule has 382 valence electrons. The molecule has 0 radical (unpaired) electrons. The van der Waals surface area contributed by atoms with Crippen LogP contribution in [0.1, 0.15) is 39.6 Å². The number of nitrogens with two attached hydrogens (primary N) is 1. The summed E-state index contributed by atoms with van der Waals surface area (Å²) >= 11 is 2.46. The van der Waals surface area contributed by atoms with Crippen LogP contribution in [0.25, 0.3) is 104 Å². The first-order valence-electron chi connectivity index (χ1n) is 27.1. The standard InChI is InChI=1S/C69H49IN10/c1-41-30-35-54-61(38-41)79(69-75-67(77-55-25-11-6-20-48(55)49-21-7-12-26-56(49)77)74-68(76-69)78-57-27-13-8-22-50(57)51-23-9-14-28-58(51)78)60-37-36-53-52-24-10-15-29-59(52)80(63(53)62(54)60)66(72-64(70)46-33-31-42-16-2-4-18-44(42)39-46)73-65(71)47-34-32-43-17-3-5-19-45(43)40-47/h2-37,39-41,64,69H,38H2,1H3,(H2,71,72,73)(H,74,75,76). The summed E-state index contributed by atoms with van der Waals surface area (Å²) in [6.07, 6.45) is 4.81. The summed E-state index contributed by atoms with van der Waals surface area (Å²) < 4.78 is 8.88. The number of allylic oxidation sites excluding steroid dienone is 1. The molecule has 0 fully saturated rings. The molecule has 5 heterocycles. The van der Waals surface area contributed by atoms with Crippen LogP contribution >= 0.6 is 22.6 Å². The average Bonchev–Trinajstić information content (AvgIpc) is 4.40. The highest BCUT2D eigenvalue weighted by molar-refractivity contribution is 14.1. The van der Waals surface area contributed by atoms with Crippen molar-refractivity contribution in [2.45, 2.75) is 23.7 Å². The Kier molecular flexibility index (Phi) is 10.6. The average molecular weight is 1150 g/mol. The summed E-state index contributed by atoms with van der Waals surface area (Å²) in [5.74, 6) is 2.38. The van der Waals surface area contributed by atoms with Gasteiger partial charge in [-0.3, -0.25) is 13.7 Å². The molecule has 3 atom stereocenters. The normalized spacial score (nSPS) is 16.4. The number of para-hydroxylation sites is 5. The summed E-state index contributed by atoms with van der Waals surface area (Å²) in [4.78, 5) is 22.5. The Labute approximate surface area is 473 Å². The summed E-state index contributed by atoms with van der Waals surface area (Å²) in [7, 11) is 0. The van der Waals surface area contributed by atoms with Crippen molar-refractivity contribution < 1.29 is 0 Å². The Morgan fingerprint density at radius 1 is 0.575 bits per heavy atom. The van der Waals surface area contributed by atoms with E-state index in [1.807, 2.05) is 0 Å². The molecule has 0 amide bonds. The predicted molar refractivity (Wildman–Crippen MR) is 342 cm³/mol. The van der Waals surface area contributed by atoms with E-state index >= 15 is 0 Å². The lowest BCUT2D eigenvalue weighted by molar-refractivity contribution is 0.470. The number of alkyl halides is 1. The molecular weight excluding hydrogens is 1100 g/mol. The number of nitrogens with zero attached hydrogens (tertiary/aromatic N) is 8. The van der Waals surface area contributed by atoms with Gasteiger partial charge >= 0.3 is 0 Å². The Balaban J connectivity index is 0.973. The number of rotatable bonds is 4. The van der Waals surface area contributed by atoms with E-state index in [1.165, 1.54) is 11.1 Å². The van der Waals surface area contributed by atoms with E-state index in [1.54, 1.807) is 0 Å². The zero-order valence-corrected chi connectivity index (χ0v) is 45.6. The molecule has 1 aliphatic heterocycles. The van der Waals surface area contributed by atoms with Gasteiger partial charge in [-0.1, -0.05) is 212 Å². The Morgan fingerprint density at radius 2 is 1.11 bits per heavy atom. The zero-order chi connectivity index (χ0) is 53.2. The topological polar surface area (TPSA) is 107 Å². The highest BCUT2D eigenvalue weighted by Gasteiger charge is 2.33. The number of nitrogens with one attached hydrogen (secondary N) is 1. The van der Waals surface area contributed by atoms with Gasteiger partial charge in [0.05, 0.1) is 38.6 Å². The van der Waals surface area contributed by atoms with Gasteiger partial charge in [0.1, 0.15) is 9.88 Å². The van der Waals surface area contributed by atoms with Gasteiger partial charge in [0.25, 0.3) is 0 Å². The van der Waals surface area contributed by atoms with Crippen molar-refractivity contribution in [3.05, 3.63) is 247 Å². The molecule has 1 aliphatic carbocycles. The van der Waals surface area contributed by atoms with Crippen molar-refractivity contribution in [1.82, 2.24) is 23.6 Å². The second-order valence-corrected chi connectivity index (χ2v) is 22.2. The Morgan fingerprint density at radius 3 is 1.75 bits per heavy atom. The molecule has 3 unspecified atom stereocenters. The number of halogens is 1. The largest absolute Gasteiger partial charge is 0.383 e. The minimum absolute atomic E-state index is 0.256. The number of hydrogen-bond acceptors (Lipinski definition) is 4. The fourth-order valence-corrected chi connectivity index (χ4v) is 13.3. The van der Waals surface area contributed by atoms with E-state index < -0.39 is 6.29 Å². The first kappa shape index (κ1) is 46.5. The fourth-order valence-electron chi connectivity index (χ4n) is 12.7. The molecule has 11 heteroatoms. The van der Waals surface area contributed by atoms with Crippen LogP contribution in [-0.2, 0) is 6.42 Å². The van der Waals surface area contributed by atoms with Gasteiger partial charge in [-0.05, 0) is 88.0 Å². The van der Waals surface area contributed by atoms with E-state index in [9.17, 15) is 0 Å². The molecule has 16 rings (SSSR count). The second-order valence-electron chi connectivity index (χ2n) is 21.0. The number of amidine groups is 1. The summed E-state index contributed by atoms with van der Waals surface area (Å²) in [5, 5.41) is 16.4. The predicted octanol–water partition coefficient (Wildman–Crippen LogP) is 16.1. The third-order valence-electron chi connectivity index (χ3n) is 16.3. The van der Waals surface area contributed by atoms with E-state index in [-0.39, 0.29) is 9.97 Å². The van der Waals surface area contributed by atoms with Crippen molar-refractivity contribution in [1.29, 1.82) is 0 Å². The third kappa shape index (κ3) is 7.23. The van der Waals surface area contributed by atoms with Crippen molar-refractivity contribution in [2.24, 2.45) is 31.6 Å². The van der Waals surface area contributed by atoms with E-state index in [4.69, 9.17) is 25.7 Å². The lowest BCUT2D eigenvalue weighted by atomic mass is 9.94. The first-order valence-corrected chi connectivity index (χ1v) is 28.4. The SMILES string of the molecule is CC1C=Cc2c(n(C3N=C(n4c5ccccc5c5ccccc54)N=C(n4c5ccccc5c5ccccc54)N3)c3ccc4c5ccccc5n(C(N=C(N)c5ccc6ccccc6c5)=NC(I)c5ccc6ccccc6c5)c4c23)C1. The molecule has 10 nitrogen and oxygen atoms in total. The van der Waals surface area contributed by atoms with Crippen LogP contribution in [-0.4, -0.2) is 42.0 Å². The maximum Gasteiger partial charge on any atom is 0.236 e. The number of aliphatic imine (C=N–C) groups is 4. The van der Waals surface area contributed by atoms with Gasteiger partial charge in [-0.25, -0.2) is 9.98 Å². The highest BCUT2D eigenvalue weighted by Crippen LogP contribution is 2.44. The highest BCUT2D eigenvalue weighted by atomic mass is 127. The number of hydrogen-bond donors (Lipinski definition) is 2. The van der Waals surface area contributed by atoms with Crippen LogP contribution in [0.15, 0.2) is 244 Å². The molecule has 14 aromatic rings. The molecule has 3 N–H and O–H groups in total. The van der Waals surface area contributed by atoms with Gasteiger partial charge in [0.2, 0.25) is 24.2 Å². The molecule has 0 spiro atoms. The molecule has 2 aliphatic rings. The van der Waals surface area contributed by atoms with Gasteiger partial charge in [-0.15, -0.1) is 0 Å². The zero-order valence-electron chi connectivity index (χ0n) is 43.4. The minimum atomic E-state index is -0.640. The smallest absolute Gasteiger partial charge is 0.236 e. The quantitative estimate of drug-likeness (QED) is 0.0602. The van der Waals surface area contributed by atoms with E-state index in [0.29, 0.717) is 23.7 Å². The van der Waals surface area contributed by atoms with Crippen molar-refractivity contribution in [3.63, 3.8) is 0 Å². The van der Waals surface area contributed by atoms with Crippen LogP contribution in [0, 0.1) is 5.92 Å². The van der Waals surface area contributed by atoms with E-state index in [0.717, 1.165) is 116 Å². The van der Waals surface area contributed by atoms with Crippen LogP contribution in [0.2, 0.25) is 0 Å². The van der Waals surface area contributed by atoms with Gasteiger partial charge in [-0.2, -0.15) is 9.98 Å². The summed E-state index contributed by atoms with van der Waals surface area (Å²) in [6.45, 7) is 2.29. The van der Waals surface area contributed by atoms with Crippen LogP contribution in [0.4, 0.5) is 0 Å². The second kappa shape index (κ2) is 18.3. The fraction of sp³-hybridized carbons (Fsp3) is 0.0725. The van der Waals surface area contributed by atoms with Gasteiger partial charge in [0, 0.05) is 54.5 Å². The van der Waals surface area contributed by atoms with Crippen LogP contribution in [0.5, 0.6) is 0 Å². The molecule has 0 bridgehead atoms. The van der Waals surface area contributed by atoms with E-state index in [2.05, 4.69) is 284 Å². The maximum atomic E-state index is 7.26. The van der Waals surface area contributed by atoms with Gasteiger partial charge in [0.15, 0.2) is 0 Å². The molecular formula is C69H49IN10. The number of aromatic nitrogens is 4. The Bertz CT molecular complexity index is 4990. The van der Waals surface area contributed by atoms with Crippen molar-refractivity contribution in [3.8, 4) is 0 Å². The van der Waals surface area contributed by atoms with Crippen LogP contribution < -0.4 is 11.1 Å². The number of fused-ring (bicyclic) bond motifs is 15. The maximum absolute atomic E-state index is 7.26. The summed E-state index contributed by atoms with van der Waals surface area (Å²) in [5.41, 5.74) is 18.6. The molecule has 80 heavy (non-hydrogen) atoms. The number of benzene rings is 10. The molecule has 10 aromatic carbocycles. The van der Waals surface area contributed by atoms with Crippen molar-refractivity contribution >= 4 is 150 Å². The van der Waals surface area contributed by atoms with Crippen LogP contribution in [0.3, 0.4) is 0 Å². The third-order valence-corrected chi connectivity index (χ3v) is 17.3. The minimum Gasteiger partial charge on any atom is -0.383 e. The molecule has 4 aromatic heterocycles. The lowest BCUT2D eigenvalue weighted by Crippen LogP contribution is -2.41. The molecule has 0 saturated heterocycles. The Hall–Kier alpha value is -9.59. The van der Waals surface area contributed by atoms with Crippen molar-refractivity contribution in [2.75, 3.05) is 0 Å². The van der Waals surface area contributed by atoms with Gasteiger partial charge < -0.3 is 15.6 Å². The lowest BCUT2D eigenvalue weighted by Gasteiger charge is -2.28. The summed E-state index contributed by atoms with van der Waals surface area (Å²) in [6, 6.07) is 77.2. The molecule has 0 saturated carbocycles. The first-order chi connectivity index (χ1) is 39.4.